The number of hydrogen-bond donors (Lipinski definition) is 1. The van der Waals surface area contributed by atoms with Crippen LogP contribution in [0.15, 0.2) is 77.6 Å². The number of aromatic nitrogens is 2. The Morgan fingerprint density at radius 1 is 1.00 bits per heavy atom. The molecule has 0 fully saturated rings. The fourth-order valence-electron chi connectivity index (χ4n) is 3.47. The second-order valence-electron chi connectivity index (χ2n) is 7.41. The molecule has 1 heterocycles. The summed E-state index contributed by atoms with van der Waals surface area (Å²) in [7, 11) is 1.77. The molecule has 0 radical (unpaired) electrons. The van der Waals surface area contributed by atoms with E-state index < -0.39 is 5.91 Å². The summed E-state index contributed by atoms with van der Waals surface area (Å²) in [4.78, 5) is 26.2. The van der Waals surface area contributed by atoms with Gasteiger partial charge in [-0.25, -0.2) is 4.68 Å². The highest BCUT2D eigenvalue weighted by Crippen LogP contribution is 2.25. The van der Waals surface area contributed by atoms with Gasteiger partial charge in [-0.2, -0.15) is 0 Å². The van der Waals surface area contributed by atoms with E-state index in [1.807, 2.05) is 30.3 Å². The zero-order valence-corrected chi connectivity index (χ0v) is 19.5. The van der Waals surface area contributed by atoms with Crippen molar-refractivity contribution in [1.82, 2.24) is 9.36 Å². The van der Waals surface area contributed by atoms with E-state index in [1.54, 1.807) is 61.1 Å². The normalized spacial score (nSPS) is 10.8. The van der Waals surface area contributed by atoms with Crippen molar-refractivity contribution in [3.63, 3.8) is 0 Å². The van der Waals surface area contributed by atoms with Gasteiger partial charge in [-0.05, 0) is 43.3 Å². The molecule has 0 aliphatic heterocycles. The topological polar surface area (TPSA) is 65.3 Å². The predicted octanol–water partition coefficient (Wildman–Crippen LogP) is 5.62. The molecule has 0 aliphatic rings. The highest BCUT2D eigenvalue weighted by Gasteiger charge is 2.20. The number of benzene rings is 3. The van der Waals surface area contributed by atoms with Crippen molar-refractivity contribution in [3.05, 3.63) is 110 Å². The predicted molar refractivity (Wildman–Crippen MR) is 131 cm³/mol. The van der Waals surface area contributed by atoms with Crippen LogP contribution in [0.3, 0.4) is 0 Å². The largest absolute Gasteiger partial charge is 0.488 e. The molecule has 1 amide bonds. The molecule has 4 rings (SSSR count). The molecule has 1 N–H and O–H groups in total. The van der Waals surface area contributed by atoms with Crippen LogP contribution in [0.4, 0.5) is 5.69 Å². The first-order valence-corrected chi connectivity index (χ1v) is 10.9. The first-order chi connectivity index (χ1) is 15.9. The molecule has 0 saturated carbocycles. The standard InChI is InChI=1S/C25H21Cl2N3O3/c1-16-23(25(32)30(29(16)2)19-8-4-3-5-9-19)28-24(31)20-10-6-7-11-22(20)33-15-17-12-13-18(26)14-21(17)27/h3-14H,15H2,1-2H3,(H,28,31). The molecule has 0 saturated heterocycles. The van der Waals surface area contributed by atoms with Gasteiger partial charge in [-0.15, -0.1) is 0 Å². The van der Waals surface area contributed by atoms with E-state index >= 15 is 0 Å². The minimum absolute atomic E-state index is 0.158. The van der Waals surface area contributed by atoms with Gasteiger partial charge < -0.3 is 10.1 Å². The number of amides is 1. The summed E-state index contributed by atoms with van der Waals surface area (Å²) < 4.78 is 9.10. The Bertz CT molecular complexity index is 1380. The van der Waals surface area contributed by atoms with Crippen LogP contribution in [0.2, 0.25) is 10.0 Å². The van der Waals surface area contributed by atoms with Crippen LogP contribution in [0.5, 0.6) is 5.75 Å². The van der Waals surface area contributed by atoms with Gasteiger partial charge in [-0.3, -0.25) is 14.3 Å². The van der Waals surface area contributed by atoms with Crippen molar-refractivity contribution < 1.29 is 9.53 Å². The Kier molecular flexibility index (Phi) is 6.58. The number of ether oxygens (including phenoxy) is 1. The summed E-state index contributed by atoms with van der Waals surface area (Å²) >= 11 is 12.2. The highest BCUT2D eigenvalue weighted by atomic mass is 35.5. The maximum atomic E-state index is 13.1. The summed E-state index contributed by atoms with van der Waals surface area (Å²) in [6.07, 6.45) is 0. The molecule has 0 unspecified atom stereocenters. The molecule has 0 bridgehead atoms. The van der Waals surface area contributed by atoms with Crippen LogP contribution < -0.4 is 15.6 Å². The third-order valence-electron chi connectivity index (χ3n) is 5.32. The van der Waals surface area contributed by atoms with Gasteiger partial charge in [0.1, 0.15) is 18.0 Å². The van der Waals surface area contributed by atoms with Crippen LogP contribution in [-0.4, -0.2) is 15.3 Å². The molecule has 0 aliphatic carbocycles. The molecule has 33 heavy (non-hydrogen) atoms. The highest BCUT2D eigenvalue weighted by molar-refractivity contribution is 6.35. The summed E-state index contributed by atoms with van der Waals surface area (Å²) in [5, 5.41) is 3.77. The molecule has 3 aromatic carbocycles. The van der Waals surface area contributed by atoms with Crippen molar-refractivity contribution in [2.24, 2.45) is 7.05 Å². The molecule has 0 atom stereocenters. The Balaban J connectivity index is 1.60. The minimum Gasteiger partial charge on any atom is -0.488 e. The van der Waals surface area contributed by atoms with E-state index in [9.17, 15) is 9.59 Å². The number of anilines is 1. The van der Waals surface area contributed by atoms with Crippen molar-refractivity contribution in [2.75, 3.05) is 5.32 Å². The summed E-state index contributed by atoms with van der Waals surface area (Å²) in [5.41, 5.74) is 2.26. The number of nitrogens with zero attached hydrogens (tertiary/aromatic N) is 2. The number of halogens is 2. The lowest BCUT2D eigenvalue weighted by Crippen LogP contribution is -2.23. The van der Waals surface area contributed by atoms with Crippen LogP contribution in [0.25, 0.3) is 5.69 Å². The first kappa shape index (κ1) is 22.7. The van der Waals surface area contributed by atoms with Crippen LogP contribution in [-0.2, 0) is 13.7 Å². The lowest BCUT2D eigenvalue weighted by Gasteiger charge is -2.12. The van der Waals surface area contributed by atoms with Crippen molar-refractivity contribution in [3.8, 4) is 11.4 Å². The molecule has 4 aromatic rings. The smallest absolute Gasteiger partial charge is 0.295 e. The van der Waals surface area contributed by atoms with E-state index in [0.29, 0.717) is 32.7 Å². The zero-order valence-electron chi connectivity index (χ0n) is 18.0. The summed E-state index contributed by atoms with van der Waals surface area (Å²) in [5.74, 6) is -0.0724. The molecule has 6 nitrogen and oxygen atoms in total. The van der Waals surface area contributed by atoms with E-state index in [0.717, 1.165) is 5.56 Å². The monoisotopic (exact) mass is 481 g/mol. The summed E-state index contributed by atoms with van der Waals surface area (Å²) in [6, 6.07) is 21.2. The number of nitrogens with one attached hydrogen (secondary N) is 1. The molecule has 8 heteroatoms. The van der Waals surface area contributed by atoms with Crippen LogP contribution in [0, 0.1) is 6.92 Å². The van der Waals surface area contributed by atoms with E-state index in [-0.39, 0.29) is 17.9 Å². The van der Waals surface area contributed by atoms with Crippen molar-refractivity contribution in [2.45, 2.75) is 13.5 Å². The third-order valence-corrected chi connectivity index (χ3v) is 5.91. The number of rotatable bonds is 6. The van der Waals surface area contributed by atoms with Gasteiger partial charge in [0, 0.05) is 22.7 Å². The fourth-order valence-corrected chi connectivity index (χ4v) is 3.93. The molecule has 0 spiro atoms. The first-order valence-electron chi connectivity index (χ1n) is 10.2. The SMILES string of the molecule is Cc1c(NC(=O)c2ccccc2OCc2ccc(Cl)cc2Cl)c(=O)n(-c2ccccc2)n1C. The second-order valence-corrected chi connectivity index (χ2v) is 8.25. The second kappa shape index (κ2) is 9.57. The minimum atomic E-state index is -0.446. The van der Waals surface area contributed by atoms with Crippen LogP contribution in [0.1, 0.15) is 21.6 Å². The maximum absolute atomic E-state index is 13.1. The molecule has 168 valence electrons. The Morgan fingerprint density at radius 2 is 1.70 bits per heavy atom. The van der Waals surface area contributed by atoms with Gasteiger partial charge in [0.25, 0.3) is 11.5 Å². The number of para-hydroxylation sites is 2. The fraction of sp³-hybridized carbons (Fsp3) is 0.120. The van der Waals surface area contributed by atoms with Gasteiger partial charge >= 0.3 is 0 Å². The number of carbonyl (C=O) groups is 1. The van der Waals surface area contributed by atoms with E-state index in [4.69, 9.17) is 27.9 Å². The third kappa shape index (κ3) is 4.67. The maximum Gasteiger partial charge on any atom is 0.295 e. The van der Waals surface area contributed by atoms with Gasteiger partial charge in [0.15, 0.2) is 0 Å². The number of hydrogen-bond acceptors (Lipinski definition) is 3. The number of carbonyl (C=O) groups excluding carboxylic acids is 1. The average Bonchev–Trinajstić information content (AvgIpc) is 3.02. The Labute approximate surface area is 200 Å². The van der Waals surface area contributed by atoms with Gasteiger partial charge in [0.2, 0.25) is 0 Å². The Hall–Kier alpha value is -3.48. The van der Waals surface area contributed by atoms with Crippen molar-refractivity contribution in [1.29, 1.82) is 0 Å². The van der Waals surface area contributed by atoms with E-state index in [2.05, 4.69) is 5.32 Å². The lowest BCUT2D eigenvalue weighted by molar-refractivity contribution is 0.102. The Morgan fingerprint density at radius 3 is 2.42 bits per heavy atom. The average molecular weight is 482 g/mol. The van der Waals surface area contributed by atoms with Crippen molar-refractivity contribution >= 4 is 34.8 Å². The van der Waals surface area contributed by atoms with E-state index in [1.165, 1.54) is 4.68 Å². The zero-order chi connectivity index (χ0) is 23.5. The molecular weight excluding hydrogens is 461 g/mol. The molecule has 1 aromatic heterocycles. The molecular formula is C25H21Cl2N3O3. The summed E-state index contributed by atoms with van der Waals surface area (Å²) in [6.45, 7) is 1.94. The quantitative estimate of drug-likeness (QED) is 0.388. The van der Waals surface area contributed by atoms with Crippen LogP contribution >= 0.6 is 23.2 Å². The van der Waals surface area contributed by atoms with Gasteiger partial charge in [-0.1, -0.05) is 59.6 Å². The van der Waals surface area contributed by atoms with Gasteiger partial charge in [0.05, 0.1) is 16.9 Å². The lowest BCUT2D eigenvalue weighted by atomic mass is 10.1.